The third-order valence-corrected chi connectivity index (χ3v) is 2.52. The molecular formula is C10H11NS. The van der Waals surface area contributed by atoms with E-state index in [1.165, 1.54) is 11.1 Å². The second-order valence-corrected chi connectivity index (χ2v) is 3.55. The summed E-state index contributed by atoms with van der Waals surface area (Å²) < 4.78 is 0. The van der Waals surface area contributed by atoms with E-state index < -0.39 is 0 Å². The van der Waals surface area contributed by atoms with Crippen molar-refractivity contribution in [2.45, 2.75) is 13.1 Å². The molecule has 0 N–H and O–H groups in total. The van der Waals surface area contributed by atoms with E-state index >= 15 is 0 Å². The Labute approximate surface area is 78.0 Å². The van der Waals surface area contributed by atoms with Crippen LogP contribution in [-0.2, 0) is 13.1 Å². The third-order valence-electron chi connectivity index (χ3n) is 2.25. The lowest BCUT2D eigenvalue weighted by Crippen LogP contribution is -2.07. The maximum Gasteiger partial charge on any atom is 0.0237 e. The highest BCUT2D eigenvalue weighted by Gasteiger charge is 2.14. The van der Waals surface area contributed by atoms with E-state index in [0.717, 1.165) is 18.7 Å². The Hall–Kier alpha value is -0.730. The molecule has 1 nitrogen and oxygen atoms in total. The summed E-state index contributed by atoms with van der Waals surface area (Å²) in [5, 5.41) is 1.73. The number of hydrogen-bond donors (Lipinski definition) is 0. The summed E-state index contributed by atoms with van der Waals surface area (Å²) in [6.45, 7) is 2.14. The first-order valence-electron chi connectivity index (χ1n) is 4.05. The summed E-state index contributed by atoms with van der Waals surface area (Å²) >= 11 is 4.88. The van der Waals surface area contributed by atoms with Crippen LogP contribution in [0.15, 0.2) is 18.2 Å². The zero-order chi connectivity index (χ0) is 8.55. The Kier molecular flexibility index (Phi) is 1.95. The molecule has 1 aliphatic heterocycles. The Balaban J connectivity index is 2.41. The molecule has 0 aliphatic carbocycles. The largest absolute Gasteiger partial charge is 0.298 e. The van der Waals surface area contributed by atoms with Crippen LogP contribution >= 0.6 is 12.2 Å². The van der Waals surface area contributed by atoms with Gasteiger partial charge < -0.3 is 0 Å². The maximum absolute atomic E-state index is 4.88. The number of nitrogens with zero attached hydrogens (tertiary/aromatic N) is 1. The van der Waals surface area contributed by atoms with Crippen molar-refractivity contribution in [1.82, 2.24) is 4.90 Å². The second kappa shape index (κ2) is 2.96. The van der Waals surface area contributed by atoms with Crippen molar-refractivity contribution in [2.24, 2.45) is 0 Å². The lowest BCUT2D eigenvalue weighted by molar-refractivity contribution is 0.353. The molecule has 0 bridgehead atoms. The number of rotatable bonds is 1. The minimum atomic E-state index is 1.06. The van der Waals surface area contributed by atoms with Gasteiger partial charge in [-0.2, -0.15) is 0 Å². The van der Waals surface area contributed by atoms with Crippen LogP contribution in [0, 0.1) is 0 Å². The molecule has 1 aliphatic rings. The average Bonchev–Trinajstić information content (AvgIpc) is 2.43. The highest BCUT2D eigenvalue weighted by Crippen LogP contribution is 2.21. The topological polar surface area (TPSA) is 3.24 Å². The Morgan fingerprint density at radius 3 is 2.83 bits per heavy atom. The van der Waals surface area contributed by atoms with Crippen molar-refractivity contribution in [1.29, 1.82) is 0 Å². The average molecular weight is 177 g/mol. The molecule has 0 fully saturated rings. The van der Waals surface area contributed by atoms with Gasteiger partial charge in [0.05, 0.1) is 0 Å². The van der Waals surface area contributed by atoms with Gasteiger partial charge in [-0.3, -0.25) is 4.90 Å². The smallest absolute Gasteiger partial charge is 0.0237 e. The molecule has 0 unspecified atom stereocenters. The van der Waals surface area contributed by atoms with Crippen LogP contribution < -0.4 is 0 Å². The number of thiocarbonyl (C=S) groups is 1. The van der Waals surface area contributed by atoms with Crippen molar-refractivity contribution >= 4 is 17.6 Å². The predicted octanol–water partition coefficient (Wildman–Crippen LogP) is 1.98. The van der Waals surface area contributed by atoms with E-state index in [4.69, 9.17) is 12.2 Å². The lowest BCUT2D eigenvalue weighted by atomic mass is 10.1. The third kappa shape index (κ3) is 1.28. The summed E-state index contributed by atoms with van der Waals surface area (Å²) in [5.41, 5.74) is 4.02. The molecule has 0 atom stereocenters. The van der Waals surface area contributed by atoms with Gasteiger partial charge in [-0.25, -0.2) is 0 Å². The molecule has 0 aromatic heterocycles. The van der Waals surface area contributed by atoms with Gasteiger partial charge in [0.15, 0.2) is 0 Å². The van der Waals surface area contributed by atoms with Crippen molar-refractivity contribution < 1.29 is 0 Å². The Bertz CT molecular complexity index is 320. The first kappa shape index (κ1) is 7.90. The minimum absolute atomic E-state index is 1.06. The summed E-state index contributed by atoms with van der Waals surface area (Å²) in [4.78, 5) is 2.30. The Morgan fingerprint density at radius 2 is 2.08 bits per heavy atom. The van der Waals surface area contributed by atoms with E-state index in [9.17, 15) is 0 Å². The number of benzene rings is 1. The molecule has 0 saturated heterocycles. The SMILES string of the molecule is CN1Cc2ccc(C=S)cc2C1. The van der Waals surface area contributed by atoms with Crippen LogP contribution in [0.3, 0.4) is 0 Å². The van der Waals surface area contributed by atoms with Gasteiger partial charge in [-0.1, -0.05) is 24.4 Å². The van der Waals surface area contributed by atoms with Crippen molar-refractivity contribution in [3.63, 3.8) is 0 Å². The van der Waals surface area contributed by atoms with E-state index in [-0.39, 0.29) is 0 Å². The van der Waals surface area contributed by atoms with Gasteiger partial charge in [0.25, 0.3) is 0 Å². The Morgan fingerprint density at radius 1 is 1.33 bits per heavy atom. The van der Waals surface area contributed by atoms with Crippen LogP contribution in [0.1, 0.15) is 16.7 Å². The number of fused-ring (bicyclic) bond motifs is 1. The van der Waals surface area contributed by atoms with Gasteiger partial charge in [0.1, 0.15) is 0 Å². The first-order chi connectivity index (χ1) is 5.79. The van der Waals surface area contributed by atoms with Gasteiger partial charge in [-0.05, 0) is 29.8 Å². The maximum atomic E-state index is 4.88. The molecule has 1 aromatic carbocycles. The van der Waals surface area contributed by atoms with Gasteiger partial charge >= 0.3 is 0 Å². The summed E-state index contributed by atoms with van der Waals surface area (Å²) in [5.74, 6) is 0. The summed E-state index contributed by atoms with van der Waals surface area (Å²) in [6, 6.07) is 6.45. The molecule has 62 valence electrons. The lowest BCUT2D eigenvalue weighted by Gasteiger charge is -2.02. The molecule has 0 amide bonds. The second-order valence-electron chi connectivity index (χ2n) is 3.32. The van der Waals surface area contributed by atoms with Gasteiger partial charge in [0, 0.05) is 18.5 Å². The molecule has 0 radical (unpaired) electrons. The van der Waals surface area contributed by atoms with Crippen LogP contribution in [0.4, 0.5) is 0 Å². The van der Waals surface area contributed by atoms with Gasteiger partial charge in [-0.15, -0.1) is 0 Å². The van der Waals surface area contributed by atoms with E-state index in [1.807, 2.05) is 0 Å². The normalized spacial score (nSPS) is 16.1. The fraction of sp³-hybridized carbons (Fsp3) is 0.300. The number of hydrogen-bond acceptors (Lipinski definition) is 2. The minimum Gasteiger partial charge on any atom is -0.298 e. The van der Waals surface area contributed by atoms with Crippen molar-refractivity contribution in [3.05, 3.63) is 34.9 Å². The van der Waals surface area contributed by atoms with Gasteiger partial charge in [0.2, 0.25) is 0 Å². The molecular weight excluding hydrogens is 166 g/mol. The molecule has 2 rings (SSSR count). The van der Waals surface area contributed by atoms with Crippen molar-refractivity contribution in [3.8, 4) is 0 Å². The van der Waals surface area contributed by atoms with E-state index in [2.05, 4.69) is 30.1 Å². The fourth-order valence-electron chi connectivity index (χ4n) is 1.66. The summed E-state index contributed by atoms with van der Waals surface area (Å²) in [7, 11) is 2.14. The van der Waals surface area contributed by atoms with Crippen LogP contribution in [-0.4, -0.2) is 17.3 Å². The molecule has 12 heavy (non-hydrogen) atoms. The van der Waals surface area contributed by atoms with E-state index in [1.54, 1.807) is 5.37 Å². The highest BCUT2D eigenvalue weighted by molar-refractivity contribution is 7.79. The molecule has 1 heterocycles. The van der Waals surface area contributed by atoms with Crippen LogP contribution in [0.5, 0.6) is 0 Å². The molecule has 2 heteroatoms. The quantitative estimate of drug-likeness (QED) is 0.603. The highest BCUT2D eigenvalue weighted by atomic mass is 32.1. The first-order valence-corrected chi connectivity index (χ1v) is 4.52. The fourth-order valence-corrected chi connectivity index (χ4v) is 1.80. The van der Waals surface area contributed by atoms with Crippen LogP contribution in [0.25, 0.3) is 0 Å². The zero-order valence-corrected chi connectivity index (χ0v) is 7.90. The summed E-state index contributed by atoms with van der Waals surface area (Å²) in [6.07, 6.45) is 0. The predicted molar refractivity (Wildman–Crippen MR) is 54.4 cm³/mol. The molecule has 0 saturated carbocycles. The molecule has 1 aromatic rings. The zero-order valence-electron chi connectivity index (χ0n) is 7.08. The monoisotopic (exact) mass is 177 g/mol. The van der Waals surface area contributed by atoms with Crippen LogP contribution in [0.2, 0.25) is 0 Å². The van der Waals surface area contributed by atoms with Crippen molar-refractivity contribution in [2.75, 3.05) is 7.05 Å². The van der Waals surface area contributed by atoms with E-state index in [0.29, 0.717) is 0 Å². The standard InChI is InChI=1S/C10H11NS/c1-11-5-9-3-2-8(7-12)4-10(9)6-11/h2-4,7H,5-6H2,1H3. The molecule has 0 spiro atoms.